The fourth-order valence-electron chi connectivity index (χ4n) is 14.4. The van der Waals surface area contributed by atoms with E-state index in [0.717, 1.165) is 32.1 Å². The summed E-state index contributed by atoms with van der Waals surface area (Å²) in [5.41, 5.74) is 14.4. The minimum atomic E-state index is 0.181. The molecule has 0 amide bonds. The Balaban J connectivity index is 0.000000375. The van der Waals surface area contributed by atoms with E-state index in [1.54, 1.807) is 147 Å². The van der Waals surface area contributed by atoms with E-state index in [2.05, 4.69) is 50.8 Å². The predicted molar refractivity (Wildman–Crippen MR) is 210 cm³/mol. The summed E-state index contributed by atoms with van der Waals surface area (Å²) < 4.78 is 0. The molecule has 0 saturated heterocycles. The van der Waals surface area contributed by atoms with Gasteiger partial charge in [0.05, 0.1) is 0 Å². The van der Waals surface area contributed by atoms with Crippen molar-refractivity contribution in [3.05, 3.63) is 93.6 Å². The third-order valence-corrected chi connectivity index (χ3v) is 15.7. The highest BCUT2D eigenvalue weighted by atomic mass is 14.6. The molecule has 0 aliphatic heterocycles. The van der Waals surface area contributed by atoms with Crippen LogP contribution >= 0.6 is 0 Å². The number of allylic oxidation sites excluding steroid dienone is 2. The summed E-state index contributed by atoms with van der Waals surface area (Å²) in [6.07, 6.45) is 7.98. The van der Waals surface area contributed by atoms with Gasteiger partial charge in [-0.2, -0.15) is 0 Å². The quantitative estimate of drug-likeness (QED) is 0.134. The van der Waals surface area contributed by atoms with Crippen LogP contribution in [0.5, 0.6) is 0 Å². The maximum absolute atomic E-state index is 4.71. The molecule has 0 heteroatoms. The number of hydrogen-bond donors (Lipinski definition) is 0. The van der Waals surface area contributed by atoms with E-state index < -0.39 is 0 Å². The Morgan fingerprint density at radius 2 is 0.980 bits per heavy atom. The minimum absolute atomic E-state index is 0.181. The molecule has 1 spiro atoms. The molecule has 0 radical (unpaired) electrons. The zero-order valence-corrected chi connectivity index (χ0v) is 27.8. The van der Waals surface area contributed by atoms with Crippen LogP contribution in [-0.4, -0.2) is 0 Å². The number of hydrogen-bond acceptors (Lipinski definition) is 0. The van der Waals surface area contributed by atoms with Crippen molar-refractivity contribution < 1.29 is 0 Å². The van der Waals surface area contributed by atoms with Crippen LogP contribution < -0.4 is 0 Å². The predicted octanol–water partition coefficient (Wildman–Crippen LogP) is 13.3. The van der Waals surface area contributed by atoms with E-state index >= 15 is 0 Å². The smallest absolute Gasteiger partial charge is 0.0115 e. The van der Waals surface area contributed by atoms with Crippen LogP contribution in [0.2, 0.25) is 0 Å². The highest BCUT2D eigenvalue weighted by molar-refractivity contribution is 6.65. The molecule has 0 heterocycles. The Kier molecular flexibility index (Phi) is 3.06. The van der Waals surface area contributed by atoms with Crippen molar-refractivity contribution in [1.82, 2.24) is 0 Å². The van der Waals surface area contributed by atoms with Crippen molar-refractivity contribution in [2.24, 2.45) is 0 Å². The molecule has 226 valence electrons. The molecule has 17 rings (SSSR count). The zero-order valence-electron chi connectivity index (χ0n) is 27.8. The van der Waals surface area contributed by atoms with Crippen molar-refractivity contribution in [3.8, 4) is 0 Å². The fraction of sp³-hybridized carbons (Fsp3) is 0.224. The molecule has 49 heavy (non-hydrogen) atoms. The first-order valence-electron chi connectivity index (χ1n) is 18.9. The maximum Gasteiger partial charge on any atom is 0.0115 e. The lowest BCUT2D eigenvalue weighted by molar-refractivity contribution is 0.407. The zero-order chi connectivity index (χ0) is 31.5. The fourth-order valence-corrected chi connectivity index (χ4v) is 14.4. The van der Waals surface area contributed by atoms with Gasteiger partial charge in [0, 0.05) is 5.41 Å². The normalized spacial score (nSPS) is 21.8. The first-order chi connectivity index (χ1) is 24.0. The molecule has 12 aromatic rings. The summed E-state index contributed by atoms with van der Waals surface area (Å²) >= 11 is 0. The summed E-state index contributed by atoms with van der Waals surface area (Å²) in [6, 6.07) is 13.3. The molecule has 5 aliphatic carbocycles. The molecule has 1 saturated carbocycles. The third kappa shape index (κ3) is 1.87. The molecule has 12 aromatic carbocycles. The number of rotatable bonds is 2. The van der Waals surface area contributed by atoms with E-state index in [0.29, 0.717) is 5.92 Å². The first-order valence-corrected chi connectivity index (χ1v) is 18.9. The standard InChI is InChI=1S/C43H18.C6H12/c1-12-2-21-20-9-18-7-15-5-16-4-13-3-14-6-17-8-19-11-43(21,10-12)42-28(19)33-27(17)32-23(14)22(13)30-26(16)31-24(15)25(18)34-29(20)41(42)40-38(33)36(32)35(30)37(31)39(34)40;1-4-6(3)5-2/h4-6,8-9,21H,1-3,7,10-11H2;3-5H2,1-2H3. The SMILES string of the molecule is C=C(CC)CC.C=C1CC2c3cc4c5c6c(cc7cc8c9c%10c(cc%11cc%12c%13c(c%14c3c5c3c%14c5c%13c%11c%10c5c5c9c7c6c35)C2(C1)C%12)C8)C4. The van der Waals surface area contributed by atoms with Crippen LogP contribution in [-0.2, 0) is 24.7 Å². The molecule has 0 nitrogen and oxygen atoms in total. The number of fused-ring (bicyclic) bond motifs is 1. The van der Waals surface area contributed by atoms with Gasteiger partial charge in [0.2, 0.25) is 0 Å². The van der Waals surface area contributed by atoms with Gasteiger partial charge in [-0.25, -0.2) is 0 Å². The van der Waals surface area contributed by atoms with Crippen LogP contribution in [0.15, 0.2) is 54.6 Å². The van der Waals surface area contributed by atoms with Crippen LogP contribution in [0.25, 0.3) is 118 Å². The van der Waals surface area contributed by atoms with Gasteiger partial charge >= 0.3 is 0 Å². The van der Waals surface area contributed by atoms with Crippen molar-refractivity contribution in [2.45, 2.75) is 70.1 Å². The first kappa shape index (κ1) is 23.4. The third-order valence-electron chi connectivity index (χ3n) is 15.7. The summed E-state index contributed by atoms with van der Waals surface area (Å²) in [5.74, 6) is 0.558. The van der Waals surface area contributed by atoms with Gasteiger partial charge in [-0.05, 0) is 208 Å². The molecule has 0 bridgehead atoms. The highest BCUT2D eigenvalue weighted by Gasteiger charge is 2.56. The average Bonchev–Trinajstić information content (AvgIpc) is 3.94. The van der Waals surface area contributed by atoms with Gasteiger partial charge in [0.15, 0.2) is 0 Å². The van der Waals surface area contributed by atoms with Crippen molar-refractivity contribution >= 4 is 118 Å². The van der Waals surface area contributed by atoms with Crippen LogP contribution in [0, 0.1) is 0 Å². The summed E-state index contributed by atoms with van der Waals surface area (Å²) in [4.78, 5) is 0. The summed E-state index contributed by atoms with van der Waals surface area (Å²) in [5, 5.41) is 35.7. The van der Waals surface area contributed by atoms with Crippen molar-refractivity contribution in [1.29, 1.82) is 0 Å². The Bertz CT molecular complexity index is 3610. The van der Waals surface area contributed by atoms with Crippen molar-refractivity contribution in [2.75, 3.05) is 0 Å². The summed E-state index contributed by atoms with van der Waals surface area (Å²) in [7, 11) is 0. The van der Waals surface area contributed by atoms with E-state index in [-0.39, 0.29) is 5.41 Å². The summed E-state index contributed by atoms with van der Waals surface area (Å²) in [6.45, 7) is 12.8. The Morgan fingerprint density at radius 1 is 0.531 bits per heavy atom. The van der Waals surface area contributed by atoms with E-state index in [4.69, 9.17) is 6.58 Å². The van der Waals surface area contributed by atoms with Crippen molar-refractivity contribution in [3.63, 3.8) is 0 Å². The van der Waals surface area contributed by atoms with E-state index in [9.17, 15) is 0 Å². The van der Waals surface area contributed by atoms with Crippen LogP contribution in [0.1, 0.15) is 84.4 Å². The molecule has 0 aromatic heterocycles. The van der Waals surface area contributed by atoms with Gasteiger partial charge < -0.3 is 0 Å². The Labute approximate surface area is 281 Å². The minimum Gasteiger partial charge on any atom is -0.0999 e. The monoisotopic (exact) mass is 618 g/mol. The van der Waals surface area contributed by atoms with Gasteiger partial charge in [0.25, 0.3) is 0 Å². The van der Waals surface area contributed by atoms with Gasteiger partial charge in [0.1, 0.15) is 0 Å². The highest BCUT2D eigenvalue weighted by Crippen LogP contribution is 2.73. The lowest BCUT2D eigenvalue weighted by Crippen LogP contribution is -2.31. The van der Waals surface area contributed by atoms with Crippen LogP contribution in [0.4, 0.5) is 0 Å². The second-order valence-corrected chi connectivity index (χ2v) is 17.4. The molecule has 1 fully saturated rings. The molecular weight excluding hydrogens is 589 g/mol. The Morgan fingerprint density at radius 3 is 1.51 bits per heavy atom. The van der Waals surface area contributed by atoms with Gasteiger partial charge in [-0.1, -0.05) is 68.5 Å². The van der Waals surface area contributed by atoms with E-state index in [1.165, 1.54) is 34.8 Å². The maximum atomic E-state index is 4.71. The molecule has 2 unspecified atom stereocenters. The average molecular weight is 619 g/mol. The second-order valence-electron chi connectivity index (χ2n) is 17.4. The molecule has 0 N–H and O–H groups in total. The second kappa shape index (κ2) is 6.40. The van der Waals surface area contributed by atoms with Gasteiger partial charge in [-0.15, -0.1) is 0 Å². The molecular formula is C49H30. The van der Waals surface area contributed by atoms with Gasteiger partial charge in [-0.3, -0.25) is 0 Å². The lowest BCUT2D eigenvalue weighted by Gasteiger charge is -2.37. The molecule has 2 atom stereocenters. The lowest BCUT2D eigenvalue weighted by atomic mass is 9.64. The largest absolute Gasteiger partial charge is 0.0999 e. The van der Waals surface area contributed by atoms with E-state index in [1.807, 2.05) is 0 Å². The number of benzene rings is 9. The Hall–Kier alpha value is -4.94. The van der Waals surface area contributed by atoms with Crippen LogP contribution in [0.3, 0.4) is 0 Å². The topological polar surface area (TPSA) is 0 Å². The molecule has 5 aliphatic rings.